The van der Waals surface area contributed by atoms with Crippen molar-refractivity contribution in [2.75, 3.05) is 5.32 Å². The number of benzene rings is 2. The van der Waals surface area contributed by atoms with Gasteiger partial charge in [0.25, 0.3) is 23.4 Å². The molecule has 0 atom stereocenters. The zero-order valence-corrected chi connectivity index (χ0v) is 12.4. The number of nitrogens with zero attached hydrogens (tertiary/aromatic N) is 3. The van der Waals surface area contributed by atoms with E-state index < -0.39 is 22.6 Å². The Morgan fingerprint density at radius 1 is 0.960 bits per heavy atom. The van der Waals surface area contributed by atoms with Gasteiger partial charge >= 0.3 is 0 Å². The number of carbonyl (C=O) groups excluding carboxylic acids is 3. The predicted octanol–water partition coefficient (Wildman–Crippen LogP) is 1.55. The molecular formula is C16H8N4O5. The van der Waals surface area contributed by atoms with E-state index in [-0.39, 0.29) is 28.1 Å². The zero-order valence-electron chi connectivity index (χ0n) is 12.4. The normalized spacial score (nSPS) is 16.9. The number of hydrazone groups is 1. The summed E-state index contributed by atoms with van der Waals surface area (Å²) in [6.07, 6.45) is 0. The van der Waals surface area contributed by atoms with Gasteiger partial charge in [0.05, 0.1) is 21.7 Å². The van der Waals surface area contributed by atoms with E-state index in [2.05, 4.69) is 10.4 Å². The van der Waals surface area contributed by atoms with E-state index in [9.17, 15) is 24.5 Å². The number of nitrogens with one attached hydrogen (secondary N) is 1. The summed E-state index contributed by atoms with van der Waals surface area (Å²) in [7, 11) is 0. The van der Waals surface area contributed by atoms with E-state index in [4.69, 9.17) is 0 Å². The molecule has 122 valence electrons. The van der Waals surface area contributed by atoms with Crippen molar-refractivity contribution >= 4 is 34.8 Å². The molecule has 9 heteroatoms. The molecule has 0 unspecified atom stereocenters. The lowest BCUT2D eigenvalue weighted by Gasteiger charge is -2.07. The SMILES string of the molecule is O=C1Nc2ccc([N+](=O)[O-])cc2/C1=N\N1C(=O)c2ccccc2C1=O. The Bertz CT molecular complexity index is 992. The van der Waals surface area contributed by atoms with Gasteiger partial charge in [-0.3, -0.25) is 24.5 Å². The maximum Gasteiger partial charge on any atom is 0.282 e. The molecule has 2 aliphatic rings. The second-order valence-corrected chi connectivity index (χ2v) is 5.36. The predicted molar refractivity (Wildman–Crippen MR) is 85.2 cm³/mol. The molecule has 1 N–H and O–H groups in total. The minimum atomic E-state index is -0.653. The summed E-state index contributed by atoms with van der Waals surface area (Å²) in [5.74, 6) is -1.95. The van der Waals surface area contributed by atoms with Gasteiger partial charge in [0, 0.05) is 17.7 Å². The van der Waals surface area contributed by atoms with Crippen LogP contribution in [0.1, 0.15) is 26.3 Å². The Morgan fingerprint density at radius 3 is 2.20 bits per heavy atom. The number of anilines is 1. The molecule has 0 spiro atoms. The number of amides is 3. The summed E-state index contributed by atoms with van der Waals surface area (Å²) in [5.41, 5.74) is 0.407. The van der Waals surface area contributed by atoms with Gasteiger partial charge in [-0.15, -0.1) is 0 Å². The van der Waals surface area contributed by atoms with E-state index in [0.29, 0.717) is 10.7 Å². The van der Waals surface area contributed by atoms with Gasteiger partial charge in [-0.05, 0) is 18.2 Å². The highest BCUT2D eigenvalue weighted by Crippen LogP contribution is 2.29. The molecule has 0 saturated carbocycles. The van der Waals surface area contributed by atoms with E-state index in [0.717, 1.165) is 0 Å². The molecule has 25 heavy (non-hydrogen) atoms. The number of hydrogen-bond donors (Lipinski definition) is 1. The van der Waals surface area contributed by atoms with Crippen molar-refractivity contribution < 1.29 is 19.3 Å². The number of nitro benzene ring substituents is 1. The van der Waals surface area contributed by atoms with E-state index >= 15 is 0 Å². The topological polar surface area (TPSA) is 122 Å². The van der Waals surface area contributed by atoms with Crippen LogP contribution in [0.3, 0.4) is 0 Å². The molecule has 0 aromatic heterocycles. The van der Waals surface area contributed by atoms with Crippen LogP contribution in [0.5, 0.6) is 0 Å². The molecule has 0 aliphatic carbocycles. The smallest absolute Gasteiger partial charge is 0.282 e. The fraction of sp³-hybridized carbons (Fsp3) is 0. The van der Waals surface area contributed by atoms with Gasteiger partial charge in [-0.1, -0.05) is 12.1 Å². The van der Waals surface area contributed by atoms with Crippen LogP contribution in [0, 0.1) is 10.1 Å². The van der Waals surface area contributed by atoms with Crippen molar-refractivity contribution in [3.8, 4) is 0 Å². The molecule has 2 aromatic rings. The number of rotatable bonds is 2. The highest BCUT2D eigenvalue weighted by Gasteiger charge is 2.38. The van der Waals surface area contributed by atoms with Crippen molar-refractivity contribution in [1.82, 2.24) is 5.01 Å². The zero-order chi connectivity index (χ0) is 17.7. The number of hydrogen-bond acceptors (Lipinski definition) is 6. The summed E-state index contributed by atoms with van der Waals surface area (Å²) >= 11 is 0. The summed E-state index contributed by atoms with van der Waals surface area (Å²) in [6, 6.07) is 9.99. The van der Waals surface area contributed by atoms with Crippen LogP contribution in [0.4, 0.5) is 11.4 Å². The van der Waals surface area contributed by atoms with Crippen LogP contribution >= 0.6 is 0 Å². The van der Waals surface area contributed by atoms with Crippen molar-refractivity contribution in [1.29, 1.82) is 0 Å². The first-order chi connectivity index (χ1) is 12.0. The highest BCUT2D eigenvalue weighted by molar-refractivity contribution is 6.54. The first-order valence-electron chi connectivity index (χ1n) is 7.14. The number of fused-ring (bicyclic) bond motifs is 2. The van der Waals surface area contributed by atoms with Crippen molar-refractivity contribution in [2.24, 2.45) is 5.10 Å². The largest absolute Gasteiger partial charge is 0.320 e. The Hall–Kier alpha value is -3.88. The molecule has 0 fully saturated rings. The molecule has 2 aliphatic heterocycles. The highest BCUT2D eigenvalue weighted by atomic mass is 16.6. The number of carbonyl (C=O) groups is 3. The van der Waals surface area contributed by atoms with Crippen LogP contribution in [0.15, 0.2) is 47.6 Å². The lowest BCUT2D eigenvalue weighted by atomic mass is 10.1. The average Bonchev–Trinajstić information content (AvgIpc) is 3.04. The monoisotopic (exact) mass is 336 g/mol. The Morgan fingerprint density at radius 2 is 1.60 bits per heavy atom. The van der Waals surface area contributed by atoms with E-state index in [1.54, 1.807) is 12.1 Å². The van der Waals surface area contributed by atoms with Gasteiger partial charge < -0.3 is 5.32 Å². The number of imide groups is 1. The third kappa shape index (κ3) is 2.10. The number of nitro groups is 1. The van der Waals surface area contributed by atoms with Gasteiger partial charge in [0.15, 0.2) is 5.71 Å². The Kier molecular flexibility index (Phi) is 2.98. The molecule has 2 aromatic carbocycles. The average molecular weight is 336 g/mol. The summed E-state index contributed by atoms with van der Waals surface area (Å²) < 4.78 is 0. The second-order valence-electron chi connectivity index (χ2n) is 5.36. The molecule has 4 rings (SSSR count). The minimum absolute atomic E-state index is 0.163. The minimum Gasteiger partial charge on any atom is -0.320 e. The lowest BCUT2D eigenvalue weighted by molar-refractivity contribution is -0.384. The third-order valence-corrected chi connectivity index (χ3v) is 3.90. The maximum atomic E-state index is 12.3. The van der Waals surface area contributed by atoms with Crippen molar-refractivity contribution in [3.63, 3.8) is 0 Å². The van der Waals surface area contributed by atoms with Gasteiger partial charge in [-0.25, -0.2) is 0 Å². The van der Waals surface area contributed by atoms with Gasteiger partial charge in [-0.2, -0.15) is 10.1 Å². The fourth-order valence-corrected chi connectivity index (χ4v) is 2.72. The van der Waals surface area contributed by atoms with Crippen LogP contribution in [-0.2, 0) is 4.79 Å². The third-order valence-electron chi connectivity index (χ3n) is 3.90. The summed E-state index contributed by atoms with van der Waals surface area (Å²) in [5, 5.41) is 17.9. The molecule has 0 bridgehead atoms. The van der Waals surface area contributed by atoms with Gasteiger partial charge in [0.1, 0.15) is 0 Å². The molecule has 9 nitrogen and oxygen atoms in total. The van der Waals surface area contributed by atoms with Gasteiger partial charge in [0.2, 0.25) is 0 Å². The van der Waals surface area contributed by atoms with Crippen LogP contribution < -0.4 is 5.32 Å². The fourth-order valence-electron chi connectivity index (χ4n) is 2.72. The lowest BCUT2D eigenvalue weighted by Crippen LogP contribution is -2.28. The molecule has 0 radical (unpaired) electrons. The van der Waals surface area contributed by atoms with Crippen molar-refractivity contribution in [2.45, 2.75) is 0 Å². The summed E-state index contributed by atoms with van der Waals surface area (Å²) in [6.45, 7) is 0. The van der Waals surface area contributed by atoms with E-state index in [1.807, 2.05) is 0 Å². The van der Waals surface area contributed by atoms with Crippen LogP contribution in [-0.4, -0.2) is 33.4 Å². The Balaban J connectivity index is 1.81. The molecule has 2 heterocycles. The molecule has 3 amide bonds. The van der Waals surface area contributed by atoms with E-state index in [1.165, 1.54) is 30.3 Å². The Labute approximate surface area is 139 Å². The second kappa shape index (κ2) is 5.06. The number of non-ortho nitro benzene ring substituents is 1. The molecule has 0 saturated heterocycles. The molecular weight excluding hydrogens is 328 g/mol. The quantitative estimate of drug-likeness (QED) is 0.506. The van der Waals surface area contributed by atoms with Crippen molar-refractivity contribution in [3.05, 3.63) is 69.3 Å². The standard InChI is InChI=1S/C16H8N4O5/c21-14-13(11-7-8(20(24)25)5-6-12(11)17-14)18-19-15(22)9-3-1-2-4-10(9)16(19)23/h1-7H,(H,17,18,21). The van der Waals surface area contributed by atoms with Crippen LogP contribution in [0.2, 0.25) is 0 Å². The maximum absolute atomic E-state index is 12.3. The first kappa shape index (κ1) is 14.7. The first-order valence-corrected chi connectivity index (χ1v) is 7.14. The summed E-state index contributed by atoms with van der Waals surface area (Å²) in [4.78, 5) is 47.1. The van der Waals surface area contributed by atoms with Crippen LogP contribution in [0.25, 0.3) is 0 Å².